The van der Waals surface area contributed by atoms with Gasteiger partial charge in [0.25, 0.3) is 0 Å². The van der Waals surface area contributed by atoms with Gasteiger partial charge in [0.1, 0.15) is 40.0 Å². The third-order valence-electron chi connectivity index (χ3n) is 11.6. The SMILES string of the molecule is Cc1ccc(O)c(Cc2cccc(Cc3cc(C)cc(Cc4cc(C)ccc4O)c3O)c2[O-])c1.Cc1ccc([N+](c2ccccc2)(c2ccc(C)cc2)c2ccc(C)cc2)cc1. The maximum atomic E-state index is 13.2. The summed E-state index contributed by atoms with van der Waals surface area (Å²) in [5, 5.41) is 44.7. The normalized spacial score (nSPS) is 11.2. The second-order valence-electron chi connectivity index (χ2n) is 16.6. The summed E-state index contributed by atoms with van der Waals surface area (Å²) in [7, 11) is 0. The second kappa shape index (κ2) is 18.7. The first-order valence-electron chi connectivity index (χ1n) is 21.1. The van der Waals surface area contributed by atoms with E-state index in [0.29, 0.717) is 51.6 Å². The first-order chi connectivity index (χ1) is 29.8. The van der Waals surface area contributed by atoms with Crippen molar-refractivity contribution in [2.45, 2.75) is 60.8 Å². The highest BCUT2D eigenvalue weighted by Gasteiger charge is 2.39. The van der Waals surface area contributed by atoms with Crippen molar-refractivity contribution in [3.05, 3.63) is 237 Å². The lowest BCUT2D eigenvalue weighted by Gasteiger charge is -2.37. The van der Waals surface area contributed by atoms with E-state index in [1.165, 1.54) is 39.4 Å². The van der Waals surface area contributed by atoms with Gasteiger partial charge in [-0.3, -0.25) is 0 Å². The molecule has 5 nitrogen and oxygen atoms in total. The summed E-state index contributed by atoms with van der Waals surface area (Å²) in [6.07, 6.45) is 1.04. The zero-order valence-corrected chi connectivity index (χ0v) is 36.5. The fourth-order valence-corrected chi connectivity index (χ4v) is 8.30. The van der Waals surface area contributed by atoms with Gasteiger partial charge >= 0.3 is 0 Å². The minimum absolute atomic E-state index is 0.0813. The molecule has 0 aliphatic heterocycles. The van der Waals surface area contributed by atoms with Crippen LogP contribution in [0.15, 0.2) is 170 Å². The van der Waals surface area contributed by atoms with Crippen LogP contribution in [0.1, 0.15) is 66.8 Å². The average molecular weight is 818 g/mol. The topological polar surface area (TPSA) is 83.8 Å². The second-order valence-corrected chi connectivity index (χ2v) is 16.6. The highest BCUT2D eigenvalue weighted by atomic mass is 16.3. The Morgan fingerprint density at radius 3 is 1.10 bits per heavy atom. The van der Waals surface area contributed by atoms with Crippen LogP contribution in [0, 0.1) is 41.5 Å². The third-order valence-corrected chi connectivity index (χ3v) is 11.6. The lowest BCUT2D eigenvalue weighted by molar-refractivity contribution is -0.270. The minimum Gasteiger partial charge on any atom is -0.872 e. The van der Waals surface area contributed by atoms with Crippen LogP contribution in [-0.2, 0) is 19.3 Å². The number of phenols is 3. The summed E-state index contributed by atoms with van der Waals surface area (Å²) < 4.78 is 0.557. The molecule has 62 heavy (non-hydrogen) atoms. The van der Waals surface area contributed by atoms with Crippen molar-refractivity contribution in [3.8, 4) is 23.0 Å². The van der Waals surface area contributed by atoms with Crippen LogP contribution in [0.2, 0.25) is 0 Å². The van der Waals surface area contributed by atoms with E-state index in [4.69, 9.17) is 0 Å². The number of phenolic OH excluding ortho intramolecular Hbond substituents is 3. The molecule has 0 aliphatic carbocycles. The molecule has 312 valence electrons. The van der Waals surface area contributed by atoms with E-state index in [1.807, 2.05) is 63.2 Å². The lowest BCUT2D eigenvalue weighted by Crippen LogP contribution is -2.33. The number of hydrogen-bond donors (Lipinski definition) is 3. The maximum Gasteiger partial charge on any atom is 0.148 e. The molecule has 0 bridgehead atoms. The largest absolute Gasteiger partial charge is 0.872 e. The van der Waals surface area contributed by atoms with Crippen LogP contribution in [0.25, 0.3) is 0 Å². The lowest BCUT2D eigenvalue weighted by atomic mass is 9.93. The van der Waals surface area contributed by atoms with Crippen molar-refractivity contribution < 1.29 is 20.4 Å². The fourth-order valence-electron chi connectivity index (χ4n) is 8.30. The van der Waals surface area contributed by atoms with Crippen molar-refractivity contribution in [2.24, 2.45) is 0 Å². The number of hydrogen-bond acceptors (Lipinski definition) is 4. The van der Waals surface area contributed by atoms with Gasteiger partial charge in [0, 0.05) is 67.8 Å². The molecular formula is C57H55NO4. The Labute approximate surface area is 366 Å². The van der Waals surface area contributed by atoms with Crippen LogP contribution in [0.4, 0.5) is 22.7 Å². The van der Waals surface area contributed by atoms with Gasteiger partial charge in [-0.05, 0) is 75.9 Å². The highest BCUT2D eigenvalue weighted by Crippen LogP contribution is 2.51. The summed E-state index contributed by atoms with van der Waals surface area (Å²) in [6.45, 7) is 12.3. The van der Waals surface area contributed by atoms with Gasteiger partial charge in [0.05, 0.1) is 0 Å². The van der Waals surface area contributed by atoms with Gasteiger partial charge in [-0.15, -0.1) is 5.75 Å². The zero-order chi connectivity index (χ0) is 44.0. The van der Waals surface area contributed by atoms with Gasteiger partial charge in [0.2, 0.25) is 0 Å². The predicted octanol–water partition coefficient (Wildman–Crippen LogP) is 13.5. The first kappa shape index (κ1) is 43.0. The molecule has 0 amide bonds. The van der Waals surface area contributed by atoms with Crippen molar-refractivity contribution >= 4 is 22.7 Å². The van der Waals surface area contributed by atoms with Gasteiger partial charge in [0.15, 0.2) is 0 Å². The van der Waals surface area contributed by atoms with Crippen LogP contribution < -0.4 is 9.59 Å². The Hall–Kier alpha value is -7.08. The average Bonchev–Trinajstić information content (AvgIpc) is 3.26. The molecule has 8 rings (SSSR count). The van der Waals surface area contributed by atoms with Crippen LogP contribution in [0.5, 0.6) is 23.0 Å². The molecule has 0 spiro atoms. The summed E-state index contributed by atoms with van der Waals surface area (Å²) in [4.78, 5) is 0. The van der Waals surface area contributed by atoms with E-state index < -0.39 is 0 Å². The number of benzene rings is 8. The smallest absolute Gasteiger partial charge is 0.148 e. The van der Waals surface area contributed by atoms with Gasteiger partial charge in [-0.1, -0.05) is 154 Å². The van der Waals surface area contributed by atoms with Crippen LogP contribution in [0.3, 0.4) is 0 Å². The van der Waals surface area contributed by atoms with E-state index in [-0.39, 0.29) is 23.0 Å². The Balaban J connectivity index is 0.000000190. The molecule has 0 fully saturated rings. The molecule has 0 aromatic heterocycles. The molecule has 8 aromatic rings. The molecule has 0 saturated heterocycles. The molecule has 0 atom stereocenters. The van der Waals surface area contributed by atoms with Crippen LogP contribution >= 0.6 is 0 Å². The van der Waals surface area contributed by atoms with Gasteiger partial charge < -0.3 is 20.4 Å². The summed E-state index contributed by atoms with van der Waals surface area (Å²) >= 11 is 0. The van der Waals surface area contributed by atoms with E-state index in [0.717, 1.165) is 22.3 Å². The van der Waals surface area contributed by atoms with E-state index in [9.17, 15) is 20.4 Å². The third kappa shape index (κ3) is 9.44. The number of quaternary nitrogens is 1. The number of para-hydroxylation sites is 2. The molecule has 8 aromatic carbocycles. The first-order valence-corrected chi connectivity index (χ1v) is 21.1. The van der Waals surface area contributed by atoms with Crippen molar-refractivity contribution in [1.82, 2.24) is 4.48 Å². The predicted molar refractivity (Wildman–Crippen MR) is 254 cm³/mol. The molecule has 0 radical (unpaired) electrons. The minimum atomic E-state index is -0.0813. The molecule has 3 N–H and O–H groups in total. The van der Waals surface area contributed by atoms with Crippen molar-refractivity contribution in [2.75, 3.05) is 0 Å². The van der Waals surface area contributed by atoms with Crippen molar-refractivity contribution in [1.29, 1.82) is 0 Å². The molecule has 0 aliphatic rings. The monoisotopic (exact) mass is 817 g/mol. The standard InChI is InChI=1S/C30H30O4.C27H26N/c1-18-7-9-27(31)23(11-18)15-21-5-4-6-22(29(21)33)16-25-13-20(3)14-26(30(25)34)17-24-12-19(2)8-10-28(24)32;1-21-9-15-25(16-10-21)28(24-7-5-4-6-8-24,26-17-11-22(2)12-18-26)27-19-13-23(3)14-20-27/h4-14,31-34H,15-17H2,1-3H3;4-20H,1-3H3/q;+1/p-1. The summed E-state index contributed by atoms with van der Waals surface area (Å²) in [6, 6.07) is 57.5. The van der Waals surface area contributed by atoms with Crippen molar-refractivity contribution in [3.63, 3.8) is 0 Å². The number of nitrogens with zero attached hydrogens (tertiary/aromatic N) is 1. The molecule has 5 heteroatoms. The number of aryl methyl sites for hydroxylation is 6. The maximum absolute atomic E-state index is 13.2. The summed E-state index contributed by atoms with van der Waals surface area (Å²) in [5.74, 6) is 0.438. The van der Waals surface area contributed by atoms with Gasteiger partial charge in [-0.2, -0.15) is 4.48 Å². The van der Waals surface area contributed by atoms with Crippen LogP contribution in [-0.4, -0.2) is 15.3 Å². The fraction of sp³-hybridized carbons (Fsp3) is 0.158. The van der Waals surface area contributed by atoms with Gasteiger partial charge in [-0.25, -0.2) is 0 Å². The molecule has 0 unspecified atom stereocenters. The van der Waals surface area contributed by atoms with E-state index in [2.05, 4.69) is 124 Å². The Morgan fingerprint density at radius 2 is 0.677 bits per heavy atom. The number of aromatic hydroxyl groups is 3. The Morgan fingerprint density at radius 1 is 0.339 bits per heavy atom. The van der Waals surface area contributed by atoms with E-state index >= 15 is 0 Å². The zero-order valence-electron chi connectivity index (χ0n) is 36.5. The summed E-state index contributed by atoms with van der Waals surface area (Å²) in [5.41, 5.74) is 15.8. The quantitative estimate of drug-likeness (QED) is 0.120. The highest BCUT2D eigenvalue weighted by molar-refractivity contribution is 5.81. The number of rotatable bonds is 10. The Bertz CT molecular complexity index is 2680. The Kier molecular flexibility index (Phi) is 13.0. The molecule has 0 saturated carbocycles. The molecular weight excluding hydrogens is 763 g/mol. The van der Waals surface area contributed by atoms with E-state index in [1.54, 1.807) is 24.3 Å². The molecule has 0 heterocycles.